The van der Waals surface area contributed by atoms with Crippen LogP contribution in [0.4, 0.5) is 5.69 Å². The number of ether oxygens (including phenoxy) is 1. The number of thiocarbonyl (C=S) groups is 1. The maximum Gasteiger partial charge on any atom is 0.179 e. The summed E-state index contributed by atoms with van der Waals surface area (Å²) < 4.78 is 5.65. The Morgan fingerprint density at radius 3 is 3.17 bits per heavy atom. The Bertz CT molecular complexity index is 605. The van der Waals surface area contributed by atoms with Crippen molar-refractivity contribution in [2.75, 3.05) is 25.0 Å². The van der Waals surface area contributed by atoms with Crippen molar-refractivity contribution in [1.82, 2.24) is 4.90 Å². The summed E-state index contributed by atoms with van der Waals surface area (Å²) in [6.07, 6.45) is 2.50. The molecule has 23 heavy (non-hydrogen) atoms. The number of amidine groups is 1. The molecule has 0 aromatic heterocycles. The molecular weight excluding hydrogens is 350 g/mol. The van der Waals surface area contributed by atoms with E-state index in [9.17, 15) is 0 Å². The average molecular weight is 370 g/mol. The van der Waals surface area contributed by atoms with Crippen molar-refractivity contribution >= 4 is 51.5 Å². The minimum absolute atomic E-state index is 0.260. The van der Waals surface area contributed by atoms with Crippen molar-refractivity contribution in [3.05, 3.63) is 29.3 Å². The highest BCUT2D eigenvalue weighted by Crippen LogP contribution is 2.27. The summed E-state index contributed by atoms with van der Waals surface area (Å²) in [5, 5.41) is 6.05. The third-order valence-corrected chi connectivity index (χ3v) is 5.42. The van der Waals surface area contributed by atoms with E-state index in [1.165, 1.54) is 0 Å². The van der Waals surface area contributed by atoms with Crippen molar-refractivity contribution in [2.45, 2.75) is 31.1 Å². The van der Waals surface area contributed by atoms with Gasteiger partial charge in [-0.2, -0.15) is 0 Å². The largest absolute Gasteiger partial charge is 0.376 e. The molecule has 0 amide bonds. The smallest absolute Gasteiger partial charge is 0.179 e. The lowest BCUT2D eigenvalue weighted by atomic mass is 10.2. The van der Waals surface area contributed by atoms with Gasteiger partial charge in [0.2, 0.25) is 0 Å². The quantitative estimate of drug-likeness (QED) is 0.815. The zero-order valence-corrected chi connectivity index (χ0v) is 15.4. The topological polar surface area (TPSA) is 36.9 Å². The van der Waals surface area contributed by atoms with Gasteiger partial charge in [0.15, 0.2) is 10.3 Å². The van der Waals surface area contributed by atoms with Crippen LogP contribution in [0.25, 0.3) is 0 Å². The summed E-state index contributed by atoms with van der Waals surface area (Å²) in [5.74, 6) is 0. The van der Waals surface area contributed by atoms with Gasteiger partial charge in [0, 0.05) is 29.1 Å². The highest BCUT2D eigenvalue weighted by Gasteiger charge is 2.29. The first-order chi connectivity index (χ1) is 11.1. The summed E-state index contributed by atoms with van der Waals surface area (Å²) in [6, 6.07) is 7.57. The van der Waals surface area contributed by atoms with Crippen LogP contribution in [0.3, 0.4) is 0 Å². The van der Waals surface area contributed by atoms with Crippen LogP contribution in [-0.4, -0.2) is 46.2 Å². The SMILES string of the molecule is CC1CN(C(=S)Nc2cccc(Cl)c2)/C(=N/CC2CCCO2)S1. The molecule has 0 bridgehead atoms. The molecule has 2 unspecified atom stereocenters. The molecule has 2 fully saturated rings. The second-order valence-electron chi connectivity index (χ2n) is 5.74. The third kappa shape index (κ3) is 4.59. The molecule has 124 valence electrons. The number of hydrogen-bond donors (Lipinski definition) is 1. The minimum Gasteiger partial charge on any atom is -0.376 e. The van der Waals surface area contributed by atoms with Crippen molar-refractivity contribution in [3.63, 3.8) is 0 Å². The molecular formula is C16H20ClN3OS2. The number of hydrogen-bond acceptors (Lipinski definition) is 4. The molecule has 1 N–H and O–H groups in total. The molecule has 1 aromatic carbocycles. The van der Waals surface area contributed by atoms with Crippen molar-refractivity contribution in [2.24, 2.45) is 4.99 Å². The number of aliphatic imine (C=N–C) groups is 1. The van der Waals surface area contributed by atoms with E-state index in [0.717, 1.165) is 36.8 Å². The minimum atomic E-state index is 0.260. The standard InChI is InChI=1S/C16H20ClN3OS2/c1-11-10-20(15(22)19-13-5-2-4-12(17)8-13)16(23-11)18-9-14-6-3-7-21-14/h2,4-5,8,11,14H,3,6-7,9-10H2,1H3,(H,19,22)/b18-16-. The molecule has 0 spiro atoms. The monoisotopic (exact) mass is 369 g/mol. The van der Waals surface area contributed by atoms with Gasteiger partial charge in [0.25, 0.3) is 0 Å². The zero-order valence-electron chi connectivity index (χ0n) is 13.0. The fourth-order valence-corrected chi connectivity index (χ4v) is 4.19. The van der Waals surface area contributed by atoms with Crippen LogP contribution in [-0.2, 0) is 4.74 Å². The summed E-state index contributed by atoms with van der Waals surface area (Å²) in [7, 11) is 0. The Labute approximate surface area is 151 Å². The fourth-order valence-electron chi connectivity index (χ4n) is 2.63. The molecule has 4 nitrogen and oxygen atoms in total. The second kappa shape index (κ2) is 7.83. The van der Waals surface area contributed by atoms with Gasteiger partial charge in [-0.1, -0.05) is 36.4 Å². The maximum absolute atomic E-state index is 6.02. The summed E-state index contributed by atoms with van der Waals surface area (Å²) in [4.78, 5) is 6.81. The van der Waals surface area contributed by atoms with Crippen molar-refractivity contribution in [1.29, 1.82) is 0 Å². The predicted molar refractivity (Wildman–Crippen MR) is 103 cm³/mol. The van der Waals surface area contributed by atoms with E-state index in [1.807, 2.05) is 24.3 Å². The molecule has 2 aliphatic heterocycles. The first-order valence-corrected chi connectivity index (χ1v) is 9.45. The lowest BCUT2D eigenvalue weighted by Gasteiger charge is -2.20. The normalized spacial score (nSPS) is 26.0. The Hall–Kier alpha value is -0.820. The number of rotatable bonds is 3. The van der Waals surface area contributed by atoms with E-state index in [1.54, 1.807) is 11.8 Å². The number of benzene rings is 1. The van der Waals surface area contributed by atoms with E-state index in [4.69, 9.17) is 33.5 Å². The van der Waals surface area contributed by atoms with E-state index < -0.39 is 0 Å². The Kier molecular flexibility index (Phi) is 5.80. The highest BCUT2D eigenvalue weighted by atomic mass is 35.5. The van der Waals surface area contributed by atoms with E-state index in [2.05, 4.69) is 17.1 Å². The molecule has 0 aliphatic carbocycles. The number of thioether (sulfide) groups is 1. The van der Waals surface area contributed by atoms with Crippen LogP contribution < -0.4 is 5.32 Å². The molecule has 2 aliphatic rings. The first-order valence-electron chi connectivity index (χ1n) is 7.78. The van der Waals surface area contributed by atoms with Crippen LogP contribution in [0.15, 0.2) is 29.3 Å². The molecule has 3 rings (SSSR count). The maximum atomic E-state index is 6.02. The van der Waals surface area contributed by atoms with Crippen LogP contribution in [0.1, 0.15) is 19.8 Å². The van der Waals surface area contributed by atoms with Crippen LogP contribution in [0, 0.1) is 0 Å². The van der Waals surface area contributed by atoms with Gasteiger partial charge < -0.3 is 10.1 Å². The van der Waals surface area contributed by atoms with E-state index in [-0.39, 0.29) is 6.10 Å². The third-order valence-electron chi connectivity index (χ3n) is 3.75. The first kappa shape index (κ1) is 17.0. The summed E-state index contributed by atoms with van der Waals surface area (Å²) in [6.45, 7) is 4.62. The Morgan fingerprint density at radius 1 is 1.57 bits per heavy atom. The van der Waals surface area contributed by atoms with Crippen molar-refractivity contribution < 1.29 is 4.74 Å². The van der Waals surface area contributed by atoms with Gasteiger partial charge in [-0.3, -0.25) is 9.89 Å². The van der Waals surface area contributed by atoms with E-state index in [0.29, 0.717) is 21.9 Å². The molecule has 7 heteroatoms. The van der Waals surface area contributed by atoms with Crippen LogP contribution in [0.5, 0.6) is 0 Å². The molecule has 2 heterocycles. The van der Waals surface area contributed by atoms with Crippen LogP contribution >= 0.6 is 35.6 Å². The molecule has 2 atom stereocenters. The molecule has 0 saturated carbocycles. The van der Waals surface area contributed by atoms with Gasteiger partial charge in [-0.05, 0) is 43.3 Å². The molecule has 2 saturated heterocycles. The summed E-state index contributed by atoms with van der Waals surface area (Å²) >= 11 is 13.4. The lowest BCUT2D eigenvalue weighted by molar-refractivity contribution is 0.118. The number of anilines is 1. The number of nitrogens with zero attached hydrogens (tertiary/aromatic N) is 2. The lowest BCUT2D eigenvalue weighted by Crippen LogP contribution is -2.36. The predicted octanol–water partition coefficient (Wildman–Crippen LogP) is 4.01. The number of halogens is 1. The van der Waals surface area contributed by atoms with Crippen molar-refractivity contribution in [3.8, 4) is 0 Å². The highest BCUT2D eigenvalue weighted by molar-refractivity contribution is 8.14. The van der Waals surface area contributed by atoms with E-state index >= 15 is 0 Å². The average Bonchev–Trinajstić information content (AvgIpc) is 3.14. The Balaban J connectivity index is 1.65. The van der Waals surface area contributed by atoms with Gasteiger partial charge in [-0.15, -0.1) is 0 Å². The van der Waals surface area contributed by atoms with Crippen LogP contribution in [0.2, 0.25) is 5.02 Å². The fraction of sp³-hybridized carbons (Fsp3) is 0.500. The zero-order chi connectivity index (χ0) is 16.2. The van der Waals surface area contributed by atoms with Gasteiger partial charge in [0.05, 0.1) is 12.6 Å². The van der Waals surface area contributed by atoms with Gasteiger partial charge in [0.1, 0.15) is 0 Å². The molecule has 1 aromatic rings. The van der Waals surface area contributed by atoms with Gasteiger partial charge >= 0.3 is 0 Å². The van der Waals surface area contributed by atoms with Gasteiger partial charge in [-0.25, -0.2) is 0 Å². The molecule has 0 radical (unpaired) electrons. The summed E-state index contributed by atoms with van der Waals surface area (Å²) in [5.41, 5.74) is 0.894. The number of nitrogens with one attached hydrogen (secondary N) is 1. The second-order valence-corrected chi connectivity index (χ2v) is 7.97. The Morgan fingerprint density at radius 2 is 2.43 bits per heavy atom.